The molecular formula is C19H23BrN2O4. The molecule has 0 saturated carbocycles. The van der Waals surface area contributed by atoms with Crippen molar-refractivity contribution in [2.45, 2.75) is 32.8 Å². The number of amides is 2. The van der Waals surface area contributed by atoms with Gasteiger partial charge in [-0.05, 0) is 52.5 Å². The van der Waals surface area contributed by atoms with E-state index in [4.69, 9.17) is 9.15 Å². The lowest BCUT2D eigenvalue weighted by atomic mass is 10.0. The van der Waals surface area contributed by atoms with Crippen molar-refractivity contribution in [3.05, 3.63) is 52.4 Å². The lowest BCUT2D eigenvalue weighted by Crippen LogP contribution is -2.40. The van der Waals surface area contributed by atoms with Gasteiger partial charge in [-0.15, -0.1) is 0 Å². The standard InChI is InChI=1S/C19H23BrN2O4/c1-12(2)14-6-4-5-7-15(14)25-13(3)18(23)21-10-11-22-19(24)16-8-9-17(20)26-16/h4-9,12-13H,10-11H2,1-3H3,(H,21,23)(H,22,24). The van der Waals surface area contributed by atoms with E-state index >= 15 is 0 Å². The van der Waals surface area contributed by atoms with Gasteiger partial charge in [-0.1, -0.05) is 32.0 Å². The summed E-state index contributed by atoms with van der Waals surface area (Å²) in [7, 11) is 0. The van der Waals surface area contributed by atoms with E-state index in [2.05, 4.69) is 40.4 Å². The number of hydrogen-bond donors (Lipinski definition) is 2. The molecule has 1 unspecified atom stereocenters. The zero-order valence-electron chi connectivity index (χ0n) is 15.0. The quantitative estimate of drug-likeness (QED) is 0.638. The third-order valence-electron chi connectivity index (χ3n) is 3.72. The van der Waals surface area contributed by atoms with E-state index in [1.807, 2.05) is 24.3 Å². The van der Waals surface area contributed by atoms with Crippen molar-refractivity contribution < 1.29 is 18.7 Å². The van der Waals surface area contributed by atoms with Gasteiger partial charge in [0.1, 0.15) is 5.75 Å². The largest absolute Gasteiger partial charge is 0.481 e. The van der Waals surface area contributed by atoms with Crippen LogP contribution in [0.15, 0.2) is 45.5 Å². The maximum atomic E-state index is 12.2. The van der Waals surface area contributed by atoms with Gasteiger partial charge in [0, 0.05) is 13.1 Å². The summed E-state index contributed by atoms with van der Waals surface area (Å²) in [4.78, 5) is 24.0. The Morgan fingerprint density at radius 1 is 1.08 bits per heavy atom. The molecule has 140 valence electrons. The first kappa shape index (κ1) is 20.0. The van der Waals surface area contributed by atoms with Crippen molar-refractivity contribution in [3.63, 3.8) is 0 Å². The number of halogens is 1. The molecule has 2 amide bonds. The Labute approximate surface area is 161 Å². The van der Waals surface area contributed by atoms with E-state index in [-0.39, 0.29) is 24.1 Å². The molecule has 26 heavy (non-hydrogen) atoms. The summed E-state index contributed by atoms with van der Waals surface area (Å²) >= 11 is 3.14. The molecular weight excluding hydrogens is 400 g/mol. The average Bonchev–Trinajstić information content (AvgIpc) is 3.05. The zero-order chi connectivity index (χ0) is 19.1. The Kier molecular flexibility index (Phi) is 7.26. The van der Waals surface area contributed by atoms with Gasteiger partial charge in [0.25, 0.3) is 11.8 Å². The Hall–Kier alpha value is -2.28. The SMILES string of the molecule is CC(Oc1ccccc1C(C)C)C(=O)NCCNC(=O)c1ccc(Br)o1. The minimum atomic E-state index is -0.633. The first-order valence-electron chi connectivity index (χ1n) is 8.45. The molecule has 7 heteroatoms. The van der Waals surface area contributed by atoms with Gasteiger partial charge >= 0.3 is 0 Å². The van der Waals surface area contributed by atoms with E-state index in [1.54, 1.807) is 19.1 Å². The highest BCUT2D eigenvalue weighted by Gasteiger charge is 2.17. The molecule has 0 fully saturated rings. The van der Waals surface area contributed by atoms with Gasteiger partial charge in [0.2, 0.25) is 0 Å². The van der Waals surface area contributed by atoms with Gasteiger partial charge in [-0.25, -0.2) is 0 Å². The second kappa shape index (κ2) is 9.43. The maximum absolute atomic E-state index is 12.2. The number of hydrogen-bond acceptors (Lipinski definition) is 4. The Morgan fingerprint density at radius 2 is 1.77 bits per heavy atom. The molecule has 2 rings (SSSR count). The van der Waals surface area contributed by atoms with Gasteiger partial charge in [-0.2, -0.15) is 0 Å². The molecule has 2 aromatic rings. The van der Waals surface area contributed by atoms with E-state index in [0.29, 0.717) is 22.9 Å². The Bertz CT molecular complexity index is 758. The first-order valence-corrected chi connectivity index (χ1v) is 9.24. The minimum absolute atomic E-state index is 0.213. The van der Waals surface area contributed by atoms with E-state index < -0.39 is 6.10 Å². The molecule has 1 aromatic heterocycles. The molecule has 0 aliphatic heterocycles. The fraction of sp³-hybridized carbons (Fsp3) is 0.368. The lowest BCUT2D eigenvalue weighted by Gasteiger charge is -2.18. The van der Waals surface area contributed by atoms with E-state index in [0.717, 1.165) is 5.56 Å². The molecule has 0 spiro atoms. The van der Waals surface area contributed by atoms with Crippen LogP contribution in [0.25, 0.3) is 0 Å². The summed E-state index contributed by atoms with van der Waals surface area (Å²) < 4.78 is 11.4. The molecule has 0 aliphatic carbocycles. The molecule has 0 bridgehead atoms. The minimum Gasteiger partial charge on any atom is -0.481 e. The van der Waals surface area contributed by atoms with Crippen molar-refractivity contribution in [3.8, 4) is 5.75 Å². The number of rotatable bonds is 8. The van der Waals surface area contributed by atoms with Crippen LogP contribution in [0.3, 0.4) is 0 Å². The fourth-order valence-electron chi connectivity index (χ4n) is 2.34. The molecule has 6 nitrogen and oxygen atoms in total. The Balaban J connectivity index is 1.76. The number of carbonyl (C=O) groups is 2. The average molecular weight is 423 g/mol. The smallest absolute Gasteiger partial charge is 0.287 e. The third kappa shape index (κ3) is 5.62. The zero-order valence-corrected chi connectivity index (χ0v) is 16.6. The van der Waals surface area contributed by atoms with Crippen LogP contribution >= 0.6 is 15.9 Å². The van der Waals surface area contributed by atoms with Crippen LogP contribution in [-0.2, 0) is 4.79 Å². The number of para-hydroxylation sites is 1. The van der Waals surface area contributed by atoms with Crippen LogP contribution in [0.5, 0.6) is 5.75 Å². The third-order valence-corrected chi connectivity index (χ3v) is 4.15. The van der Waals surface area contributed by atoms with Gasteiger partial charge in [0.05, 0.1) is 0 Å². The van der Waals surface area contributed by atoms with E-state index in [1.165, 1.54) is 0 Å². The highest BCUT2D eigenvalue weighted by molar-refractivity contribution is 9.10. The number of furan rings is 1. The van der Waals surface area contributed by atoms with Crippen LogP contribution in [0.1, 0.15) is 42.8 Å². The number of nitrogens with one attached hydrogen (secondary N) is 2. The topological polar surface area (TPSA) is 80.6 Å². The van der Waals surface area contributed by atoms with Gasteiger partial charge < -0.3 is 19.8 Å². The van der Waals surface area contributed by atoms with Crippen molar-refractivity contribution in [2.75, 3.05) is 13.1 Å². The van der Waals surface area contributed by atoms with Gasteiger partial charge in [0.15, 0.2) is 16.5 Å². The molecule has 0 radical (unpaired) electrons. The predicted octanol–water partition coefficient (Wildman–Crippen LogP) is 3.48. The number of carbonyl (C=O) groups excluding carboxylic acids is 2. The monoisotopic (exact) mass is 422 g/mol. The second-order valence-electron chi connectivity index (χ2n) is 6.10. The molecule has 0 saturated heterocycles. The first-order chi connectivity index (χ1) is 12.4. The highest BCUT2D eigenvalue weighted by atomic mass is 79.9. The molecule has 1 atom stereocenters. The molecule has 2 N–H and O–H groups in total. The fourth-order valence-corrected chi connectivity index (χ4v) is 2.64. The second-order valence-corrected chi connectivity index (χ2v) is 6.88. The van der Waals surface area contributed by atoms with E-state index in [9.17, 15) is 9.59 Å². The summed E-state index contributed by atoms with van der Waals surface area (Å²) in [5.41, 5.74) is 1.06. The summed E-state index contributed by atoms with van der Waals surface area (Å²) in [6.07, 6.45) is -0.633. The van der Waals surface area contributed by atoms with Crippen molar-refractivity contribution in [1.29, 1.82) is 0 Å². The van der Waals surface area contributed by atoms with Gasteiger partial charge in [-0.3, -0.25) is 9.59 Å². The van der Waals surface area contributed by atoms with Crippen LogP contribution in [0.2, 0.25) is 0 Å². The van der Waals surface area contributed by atoms with Crippen LogP contribution in [0, 0.1) is 0 Å². The maximum Gasteiger partial charge on any atom is 0.287 e. The normalized spacial score (nSPS) is 11.9. The lowest BCUT2D eigenvalue weighted by molar-refractivity contribution is -0.127. The Morgan fingerprint density at radius 3 is 2.42 bits per heavy atom. The summed E-state index contributed by atoms with van der Waals surface area (Å²) in [5.74, 6) is 0.656. The van der Waals surface area contributed by atoms with Crippen molar-refractivity contribution in [1.82, 2.24) is 10.6 Å². The number of benzene rings is 1. The van der Waals surface area contributed by atoms with Crippen molar-refractivity contribution >= 4 is 27.7 Å². The molecule has 0 aliphatic rings. The molecule has 1 aromatic carbocycles. The molecule has 1 heterocycles. The summed E-state index contributed by atoms with van der Waals surface area (Å²) in [6.45, 7) is 6.44. The van der Waals surface area contributed by atoms with Crippen molar-refractivity contribution in [2.24, 2.45) is 0 Å². The summed E-state index contributed by atoms with van der Waals surface area (Å²) in [6, 6.07) is 10.9. The summed E-state index contributed by atoms with van der Waals surface area (Å²) in [5, 5.41) is 5.42. The predicted molar refractivity (Wildman–Crippen MR) is 102 cm³/mol. The van der Waals surface area contributed by atoms with Crippen LogP contribution < -0.4 is 15.4 Å². The number of ether oxygens (including phenoxy) is 1. The van der Waals surface area contributed by atoms with Crippen LogP contribution in [0.4, 0.5) is 0 Å². The highest BCUT2D eigenvalue weighted by Crippen LogP contribution is 2.26. The van der Waals surface area contributed by atoms with Crippen LogP contribution in [-0.4, -0.2) is 31.0 Å².